The first-order chi connectivity index (χ1) is 16.8. The summed E-state index contributed by atoms with van der Waals surface area (Å²) in [6.07, 6.45) is 1.92. The quantitative estimate of drug-likeness (QED) is 0.479. The molecule has 1 aliphatic rings. The van der Waals surface area contributed by atoms with Crippen molar-refractivity contribution in [3.63, 3.8) is 0 Å². The van der Waals surface area contributed by atoms with Crippen molar-refractivity contribution in [1.82, 2.24) is 14.6 Å². The van der Waals surface area contributed by atoms with Gasteiger partial charge in [0.25, 0.3) is 0 Å². The standard InChI is InChI=1S/C28H32FN5O/c1-28(2,3)25-17-26(34-27(31-25)22(18-30-34)21-8-6-5-7-9-21)33-14-12-32(13-15-33)19-20-10-11-24(35-4)23(29)16-20/h5-11,16-18H,12-15,19H2,1-4H3/p+1. The van der Waals surface area contributed by atoms with Crippen LogP contribution in [0.15, 0.2) is 60.8 Å². The van der Waals surface area contributed by atoms with Gasteiger partial charge in [0, 0.05) is 22.6 Å². The number of halogens is 1. The molecular weight excluding hydrogens is 441 g/mol. The lowest BCUT2D eigenvalue weighted by Gasteiger charge is -2.34. The molecule has 3 heterocycles. The number of methoxy groups -OCH3 is 1. The van der Waals surface area contributed by atoms with Gasteiger partial charge in [0.2, 0.25) is 0 Å². The Morgan fingerprint density at radius 2 is 1.77 bits per heavy atom. The molecule has 2 aromatic heterocycles. The van der Waals surface area contributed by atoms with Gasteiger partial charge in [0.15, 0.2) is 17.2 Å². The van der Waals surface area contributed by atoms with Gasteiger partial charge in [0.05, 0.1) is 45.2 Å². The number of nitrogens with one attached hydrogen (secondary N) is 1. The molecule has 0 unspecified atom stereocenters. The number of benzene rings is 2. The fraction of sp³-hybridized carbons (Fsp3) is 0.357. The van der Waals surface area contributed by atoms with Crippen molar-refractivity contribution in [3.8, 4) is 16.9 Å². The maximum atomic E-state index is 14.1. The molecular formula is C28H33FN5O+. The van der Waals surface area contributed by atoms with E-state index < -0.39 is 0 Å². The van der Waals surface area contributed by atoms with Crippen LogP contribution in [0.4, 0.5) is 10.2 Å². The van der Waals surface area contributed by atoms with Gasteiger partial charge < -0.3 is 14.5 Å². The molecule has 35 heavy (non-hydrogen) atoms. The summed E-state index contributed by atoms with van der Waals surface area (Å²) < 4.78 is 21.2. The van der Waals surface area contributed by atoms with Crippen molar-refractivity contribution in [2.75, 3.05) is 38.2 Å². The number of aromatic nitrogens is 3. The predicted molar refractivity (Wildman–Crippen MR) is 137 cm³/mol. The molecule has 1 fully saturated rings. The first kappa shape index (κ1) is 23.3. The molecule has 1 N–H and O–H groups in total. The van der Waals surface area contributed by atoms with E-state index in [2.05, 4.69) is 43.9 Å². The van der Waals surface area contributed by atoms with Crippen LogP contribution in [-0.4, -0.2) is 47.9 Å². The lowest BCUT2D eigenvalue weighted by molar-refractivity contribution is -0.914. The summed E-state index contributed by atoms with van der Waals surface area (Å²) in [5.41, 5.74) is 5.02. The Labute approximate surface area is 206 Å². The molecule has 0 radical (unpaired) electrons. The van der Waals surface area contributed by atoms with Crippen molar-refractivity contribution >= 4 is 11.5 Å². The van der Waals surface area contributed by atoms with E-state index in [1.54, 1.807) is 12.1 Å². The van der Waals surface area contributed by atoms with Crippen LogP contribution in [-0.2, 0) is 12.0 Å². The third-order valence-electron chi connectivity index (χ3n) is 6.77. The van der Waals surface area contributed by atoms with Crippen molar-refractivity contribution in [1.29, 1.82) is 0 Å². The van der Waals surface area contributed by atoms with Crippen LogP contribution < -0.4 is 14.5 Å². The van der Waals surface area contributed by atoms with Crippen LogP contribution in [0.5, 0.6) is 5.75 Å². The van der Waals surface area contributed by atoms with Crippen molar-refractivity contribution in [3.05, 3.63) is 77.9 Å². The third-order valence-corrected chi connectivity index (χ3v) is 6.77. The van der Waals surface area contributed by atoms with E-state index in [4.69, 9.17) is 14.8 Å². The van der Waals surface area contributed by atoms with E-state index in [1.165, 1.54) is 12.0 Å². The average molecular weight is 475 g/mol. The highest BCUT2D eigenvalue weighted by molar-refractivity contribution is 5.78. The lowest BCUT2D eigenvalue weighted by Crippen LogP contribution is -3.13. The molecule has 7 heteroatoms. The zero-order valence-electron chi connectivity index (χ0n) is 20.9. The molecule has 0 aliphatic carbocycles. The van der Waals surface area contributed by atoms with E-state index in [9.17, 15) is 4.39 Å². The zero-order valence-corrected chi connectivity index (χ0v) is 20.9. The van der Waals surface area contributed by atoms with Crippen molar-refractivity contribution in [2.24, 2.45) is 0 Å². The minimum absolute atomic E-state index is 0.0831. The molecule has 5 rings (SSSR count). The van der Waals surface area contributed by atoms with Crippen LogP contribution >= 0.6 is 0 Å². The van der Waals surface area contributed by atoms with E-state index in [0.29, 0.717) is 5.75 Å². The molecule has 1 saturated heterocycles. The van der Waals surface area contributed by atoms with Crippen molar-refractivity contribution < 1.29 is 14.0 Å². The summed E-state index contributed by atoms with van der Waals surface area (Å²) in [6.45, 7) is 11.1. The number of quaternary nitrogens is 1. The second kappa shape index (κ2) is 9.30. The Hall–Kier alpha value is -3.45. The number of hydrogen-bond donors (Lipinski definition) is 1. The van der Waals surface area contributed by atoms with Crippen LogP contribution in [0.2, 0.25) is 0 Å². The van der Waals surface area contributed by atoms with Crippen LogP contribution in [0.25, 0.3) is 16.8 Å². The van der Waals surface area contributed by atoms with Crippen LogP contribution in [0.1, 0.15) is 32.0 Å². The molecule has 6 nitrogen and oxygen atoms in total. The number of fused-ring (bicyclic) bond motifs is 1. The average Bonchev–Trinajstić information content (AvgIpc) is 3.28. The van der Waals surface area contributed by atoms with Gasteiger partial charge in [0.1, 0.15) is 12.4 Å². The highest BCUT2D eigenvalue weighted by Gasteiger charge is 2.26. The van der Waals surface area contributed by atoms with Gasteiger partial charge in [-0.15, -0.1) is 0 Å². The van der Waals surface area contributed by atoms with E-state index >= 15 is 0 Å². The minimum atomic E-state index is -0.301. The van der Waals surface area contributed by atoms with Gasteiger partial charge in [-0.1, -0.05) is 51.1 Å². The van der Waals surface area contributed by atoms with Gasteiger partial charge in [-0.3, -0.25) is 0 Å². The number of piperazine rings is 1. The first-order valence-corrected chi connectivity index (χ1v) is 12.2. The summed E-state index contributed by atoms with van der Waals surface area (Å²) in [5, 5.41) is 4.76. The summed E-state index contributed by atoms with van der Waals surface area (Å²) in [6, 6.07) is 17.8. The van der Waals surface area contributed by atoms with Gasteiger partial charge >= 0.3 is 0 Å². The van der Waals surface area contributed by atoms with E-state index in [1.807, 2.05) is 35.0 Å². The monoisotopic (exact) mass is 474 g/mol. The van der Waals surface area contributed by atoms with Crippen LogP contribution in [0.3, 0.4) is 0 Å². The van der Waals surface area contributed by atoms with Gasteiger partial charge in [-0.2, -0.15) is 9.61 Å². The Morgan fingerprint density at radius 3 is 2.43 bits per heavy atom. The minimum Gasteiger partial charge on any atom is -0.494 e. The van der Waals surface area contributed by atoms with E-state index in [0.717, 1.165) is 66.6 Å². The molecule has 182 valence electrons. The first-order valence-electron chi connectivity index (χ1n) is 12.2. The normalized spacial score (nSPS) is 15.1. The van der Waals surface area contributed by atoms with Gasteiger partial charge in [-0.05, 0) is 23.8 Å². The third kappa shape index (κ3) is 4.73. The van der Waals surface area contributed by atoms with E-state index in [-0.39, 0.29) is 11.2 Å². The molecule has 0 spiro atoms. The maximum Gasteiger partial charge on any atom is 0.165 e. The van der Waals surface area contributed by atoms with Crippen molar-refractivity contribution in [2.45, 2.75) is 32.7 Å². The fourth-order valence-corrected chi connectivity index (χ4v) is 4.72. The Kier molecular flexibility index (Phi) is 6.19. The smallest absolute Gasteiger partial charge is 0.165 e. The molecule has 0 bridgehead atoms. The molecule has 0 atom stereocenters. The second-order valence-corrected chi connectivity index (χ2v) is 10.3. The SMILES string of the molecule is COc1ccc(C[NH+]2CCN(c3cc(C(C)(C)C)nc4c(-c5ccccc5)cnn34)CC2)cc1F. The molecule has 1 aliphatic heterocycles. The van der Waals surface area contributed by atoms with Crippen LogP contribution in [0, 0.1) is 5.82 Å². The predicted octanol–water partition coefficient (Wildman–Crippen LogP) is 3.75. The highest BCUT2D eigenvalue weighted by atomic mass is 19.1. The summed E-state index contributed by atoms with van der Waals surface area (Å²) in [4.78, 5) is 8.90. The highest BCUT2D eigenvalue weighted by Crippen LogP contribution is 2.31. The van der Waals surface area contributed by atoms with Gasteiger partial charge in [-0.25, -0.2) is 9.37 Å². The zero-order chi connectivity index (χ0) is 24.6. The summed E-state index contributed by atoms with van der Waals surface area (Å²) in [7, 11) is 1.49. The topological polar surface area (TPSA) is 47.1 Å². The maximum absolute atomic E-state index is 14.1. The molecule has 2 aromatic carbocycles. The number of nitrogens with zero attached hydrogens (tertiary/aromatic N) is 4. The summed E-state index contributed by atoms with van der Waals surface area (Å²) >= 11 is 0. The second-order valence-electron chi connectivity index (χ2n) is 10.3. The largest absolute Gasteiger partial charge is 0.494 e. The summed E-state index contributed by atoms with van der Waals surface area (Å²) in [5.74, 6) is 1.07. The Balaban J connectivity index is 1.41. The number of ether oxygens (including phenoxy) is 1. The molecule has 4 aromatic rings. The number of anilines is 1. The molecule has 0 amide bonds. The Bertz CT molecular complexity index is 1320. The Morgan fingerprint density at radius 1 is 1.03 bits per heavy atom. The number of hydrogen-bond acceptors (Lipinski definition) is 4. The molecule has 0 saturated carbocycles. The fourth-order valence-electron chi connectivity index (χ4n) is 4.72. The lowest BCUT2D eigenvalue weighted by atomic mass is 9.91. The number of rotatable bonds is 5.